The highest BCUT2D eigenvalue weighted by atomic mass is 16.6. The van der Waals surface area contributed by atoms with Crippen LogP contribution in [0.25, 0.3) is 0 Å². The minimum Gasteiger partial charge on any atom is -0.444 e. The van der Waals surface area contributed by atoms with Gasteiger partial charge in [-0.05, 0) is 89.0 Å². The Kier molecular flexibility index (Phi) is 11.8. The van der Waals surface area contributed by atoms with E-state index in [0.29, 0.717) is 18.0 Å². The summed E-state index contributed by atoms with van der Waals surface area (Å²) in [6.07, 6.45) is 0.934. The van der Waals surface area contributed by atoms with Gasteiger partial charge in [0.25, 0.3) is 5.91 Å². The fourth-order valence-corrected chi connectivity index (χ4v) is 4.65. The summed E-state index contributed by atoms with van der Waals surface area (Å²) in [5.41, 5.74) is 2.56. The minimum absolute atomic E-state index is 0.239. The predicted molar refractivity (Wildman–Crippen MR) is 162 cm³/mol. The summed E-state index contributed by atoms with van der Waals surface area (Å²) in [6.45, 7) is 19.3. The van der Waals surface area contributed by atoms with Crippen molar-refractivity contribution in [1.82, 2.24) is 10.2 Å². The molecule has 0 heterocycles. The number of para-hydroxylation sites is 1. The molecule has 0 aliphatic heterocycles. The van der Waals surface area contributed by atoms with Crippen LogP contribution in [0.2, 0.25) is 0 Å². The van der Waals surface area contributed by atoms with Crippen molar-refractivity contribution in [2.75, 3.05) is 5.32 Å². The molecule has 3 unspecified atom stereocenters. The molecule has 0 radical (unpaired) electrons. The molecule has 0 bridgehead atoms. The Morgan fingerprint density at radius 3 is 1.95 bits per heavy atom. The number of aryl methyl sites for hydroxylation is 2. The molecule has 0 saturated heterocycles. The lowest BCUT2D eigenvalue weighted by atomic mass is 9.93. The molecule has 2 N–H and O–H groups in total. The van der Waals surface area contributed by atoms with Gasteiger partial charge in [-0.2, -0.15) is 0 Å². The highest BCUT2D eigenvalue weighted by molar-refractivity contribution is 5.99. The van der Waals surface area contributed by atoms with Crippen molar-refractivity contribution in [2.45, 2.75) is 106 Å². The van der Waals surface area contributed by atoms with Crippen LogP contribution in [0.3, 0.4) is 0 Å². The Morgan fingerprint density at radius 2 is 1.43 bits per heavy atom. The summed E-state index contributed by atoms with van der Waals surface area (Å²) in [6, 6.07) is 13.2. The Balaban J connectivity index is 2.64. The maximum Gasteiger partial charge on any atom is 0.408 e. The monoisotopic (exact) mass is 551 g/mol. The fourth-order valence-electron chi connectivity index (χ4n) is 4.65. The number of rotatable bonds is 11. The average molecular weight is 552 g/mol. The molecule has 2 rings (SSSR count). The van der Waals surface area contributed by atoms with Crippen molar-refractivity contribution < 1.29 is 19.1 Å². The van der Waals surface area contributed by atoms with Crippen molar-refractivity contribution in [3.8, 4) is 0 Å². The smallest absolute Gasteiger partial charge is 0.408 e. The van der Waals surface area contributed by atoms with Crippen molar-refractivity contribution >= 4 is 23.6 Å². The van der Waals surface area contributed by atoms with E-state index in [1.165, 1.54) is 0 Å². The lowest BCUT2D eigenvalue weighted by Gasteiger charge is -2.40. The van der Waals surface area contributed by atoms with Gasteiger partial charge in [0.1, 0.15) is 17.7 Å². The number of carbonyl (C=O) groups is 3. The number of alkyl carbamates (subject to hydrolysis) is 1. The molecule has 2 aromatic rings. The second kappa shape index (κ2) is 14.3. The van der Waals surface area contributed by atoms with Crippen molar-refractivity contribution in [1.29, 1.82) is 0 Å². The number of hydrogen-bond acceptors (Lipinski definition) is 4. The molecule has 0 spiro atoms. The summed E-state index contributed by atoms with van der Waals surface area (Å²) in [7, 11) is 0. The van der Waals surface area contributed by atoms with Gasteiger partial charge in [-0.1, -0.05) is 70.2 Å². The third-order valence-corrected chi connectivity index (χ3v) is 6.91. The van der Waals surface area contributed by atoms with Crippen LogP contribution in [-0.4, -0.2) is 40.5 Å². The standard InChI is InChI=1S/C33H49N3O4/c1-21(2)19-20-25(7)36(31(38)28(22(3)4)35-32(39)40-33(8,9)10)29(26-17-13-11-15-23(26)5)30(37)34-27-18-14-12-16-24(27)6/h11-18,21-22,25,28-29H,19-20H2,1-10H3,(H,34,37)(H,35,39). The van der Waals surface area contributed by atoms with E-state index in [4.69, 9.17) is 4.74 Å². The number of nitrogens with zero attached hydrogens (tertiary/aromatic N) is 1. The number of benzene rings is 2. The Labute approximate surface area is 241 Å². The van der Waals surface area contributed by atoms with Gasteiger partial charge in [0, 0.05) is 11.7 Å². The molecule has 0 aliphatic rings. The van der Waals surface area contributed by atoms with Crippen LogP contribution >= 0.6 is 0 Å². The first-order valence-electron chi connectivity index (χ1n) is 14.4. The zero-order valence-corrected chi connectivity index (χ0v) is 26.0. The number of hydrogen-bond donors (Lipinski definition) is 2. The Bertz CT molecular complexity index is 1150. The van der Waals surface area contributed by atoms with Crippen LogP contribution in [0.1, 0.15) is 91.0 Å². The second-order valence-corrected chi connectivity index (χ2v) is 12.5. The van der Waals surface area contributed by atoms with E-state index in [9.17, 15) is 14.4 Å². The summed E-state index contributed by atoms with van der Waals surface area (Å²) in [5, 5.41) is 5.89. The van der Waals surface area contributed by atoms with Gasteiger partial charge in [0.15, 0.2) is 0 Å². The first-order chi connectivity index (χ1) is 18.6. The Morgan fingerprint density at radius 1 is 0.850 bits per heavy atom. The van der Waals surface area contributed by atoms with E-state index >= 15 is 0 Å². The lowest BCUT2D eigenvalue weighted by Crippen LogP contribution is -2.56. The summed E-state index contributed by atoms with van der Waals surface area (Å²) < 4.78 is 5.49. The molecular formula is C33H49N3O4. The van der Waals surface area contributed by atoms with Crippen LogP contribution in [0.4, 0.5) is 10.5 Å². The van der Waals surface area contributed by atoms with Crippen LogP contribution in [0, 0.1) is 25.7 Å². The van der Waals surface area contributed by atoms with Gasteiger partial charge in [-0.15, -0.1) is 0 Å². The third-order valence-electron chi connectivity index (χ3n) is 6.91. The first kappa shape index (κ1) is 32.9. The van der Waals surface area contributed by atoms with Crippen LogP contribution in [0.15, 0.2) is 48.5 Å². The maximum atomic E-state index is 14.5. The van der Waals surface area contributed by atoms with Gasteiger partial charge in [-0.3, -0.25) is 9.59 Å². The molecule has 7 nitrogen and oxygen atoms in total. The molecule has 2 aromatic carbocycles. The SMILES string of the molecule is Cc1ccccc1NC(=O)C(c1ccccc1C)N(C(=O)C(NC(=O)OC(C)(C)C)C(C)C)C(C)CCC(C)C. The van der Waals surface area contributed by atoms with Crippen molar-refractivity contribution in [3.63, 3.8) is 0 Å². The molecule has 3 amide bonds. The summed E-state index contributed by atoms with van der Waals surface area (Å²) in [5.74, 6) is -0.423. The van der Waals surface area contributed by atoms with Gasteiger partial charge in [0.2, 0.25) is 5.91 Å². The van der Waals surface area contributed by atoms with E-state index in [0.717, 1.165) is 23.1 Å². The normalized spacial score (nSPS) is 13.9. The fraction of sp³-hybridized carbons (Fsp3) is 0.545. The first-order valence-corrected chi connectivity index (χ1v) is 14.4. The number of nitrogens with one attached hydrogen (secondary N) is 2. The summed E-state index contributed by atoms with van der Waals surface area (Å²) >= 11 is 0. The Hall–Kier alpha value is -3.35. The quantitative estimate of drug-likeness (QED) is 0.309. The molecule has 0 fully saturated rings. The third kappa shape index (κ3) is 9.39. The van der Waals surface area contributed by atoms with Gasteiger partial charge in [-0.25, -0.2) is 4.79 Å². The molecule has 7 heteroatoms. The average Bonchev–Trinajstić information content (AvgIpc) is 2.84. The van der Waals surface area contributed by atoms with E-state index in [1.54, 1.807) is 25.7 Å². The number of amides is 3. The number of carbonyl (C=O) groups excluding carboxylic acids is 3. The molecule has 220 valence electrons. The topological polar surface area (TPSA) is 87.7 Å². The van der Waals surface area contributed by atoms with Gasteiger partial charge >= 0.3 is 6.09 Å². The van der Waals surface area contributed by atoms with Crippen molar-refractivity contribution in [2.24, 2.45) is 11.8 Å². The van der Waals surface area contributed by atoms with Crippen molar-refractivity contribution in [3.05, 3.63) is 65.2 Å². The lowest BCUT2D eigenvalue weighted by molar-refractivity contribution is -0.144. The van der Waals surface area contributed by atoms with E-state index in [2.05, 4.69) is 24.5 Å². The highest BCUT2D eigenvalue weighted by Gasteiger charge is 2.40. The number of anilines is 1. The van der Waals surface area contributed by atoms with Gasteiger partial charge in [0.05, 0.1) is 0 Å². The maximum absolute atomic E-state index is 14.5. The molecular weight excluding hydrogens is 502 g/mol. The van der Waals surface area contributed by atoms with Crippen LogP contribution in [-0.2, 0) is 14.3 Å². The highest BCUT2D eigenvalue weighted by Crippen LogP contribution is 2.31. The molecule has 40 heavy (non-hydrogen) atoms. The zero-order valence-electron chi connectivity index (χ0n) is 26.0. The number of ether oxygens (including phenoxy) is 1. The van der Waals surface area contributed by atoms with Crippen LogP contribution in [0.5, 0.6) is 0 Å². The predicted octanol–water partition coefficient (Wildman–Crippen LogP) is 7.19. The van der Waals surface area contributed by atoms with E-state index < -0.39 is 23.8 Å². The largest absolute Gasteiger partial charge is 0.444 e. The van der Waals surface area contributed by atoms with E-state index in [-0.39, 0.29) is 23.8 Å². The van der Waals surface area contributed by atoms with Crippen LogP contribution < -0.4 is 10.6 Å². The molecule has 0 aliphatic carbocycles. The zero-order chi connectivity index (χ0) is 30.2. The minimum atomic E-state index is -0.905. The van der Waals surface area contributed by atoms with Gasteiger partial charge < -0.3 is 20.3 Å². The van der Waals surface area contributed by atoms with E-state index in [1.807, 2.05) is 83.1 Å². The molecule has 3 atom stereocenters. The molecule has 0 aromatic heterocycles. The summed E-state index contributed by atoms with van der Waals surface area (Å²) in [4.78, 5) is 43.2. The molecule has 0 saturated carbocycles. The second-order valence-electron chi connectivity index (χ2n) is 12.5.